The molecule has 0 spiro atoms. The number of aromatic nitrogens is 2. The van der Waals surface area contributed by atoms with E-state index in [1.54, 1.807) is 29.2 Å². The zero-order valence-corrected chi connectivity index (χ0v) is 12.7. The molecule has 0 aliphatic carbocycles. The Kier molecular flexibility index (Phi) is 4.39. The van der Waals surface area contributed by atoms with Crippen molar-refractivity contribution in [3.05, 3.63) is 71.8 Å². The van der Waals surface area contributed by atoms with Crippen molar-refractivity contribution in [3.63, 3.8) is 0 Å². The lowest BCUT2D eigenvalue weighted by Crippen LogP contribution is -1.99. The summed E-state index contributed by atoms with van der Waals surface area (Å²) in [6.07, 6.45) is 3.44. The molecular weight excluding hydrogens is 295 g/mol. The van der Waals surface area contributed by atoms with Crippen LogP contribution in [0.5, 0.6) is 5.75 Å². The molecule has 0 aliphatic rings. The molecule has 0 saturated heterocycles. The molecule has 3 rings (SSSR count). The molecule has 118 valence electrons. The van der Waals surface area contributed by atoms with E-state index in [0.29, 0.717) is 17.9 Å². The van der Waals surface area contributed by atoms with Crippen molar-refractivity contribution in [1.29, 1.82) is 0 Å². The molecule has 0 unspecified atom stereocenters. The van der Waals surface area contributed by atoms with Crippen LogP contribution < -0.4 is 4.74 Å². The maximum atomic E-state index is 14.1. The fourth-order valence-corrected chi connectivity index (χ4v) is 2.41. The Morgan fingerprint density at radius 3 is 2.52 bits per heavy atom. The molecular formula is C18H17FN2O2. The van der Waals surface area contributed by atoms with Gasteiger partial charge in [-0.3, -0.25) is 4.68 Å². The van der Waals surface area contributed by atoms with Gasteiger partial charge in [-0.25, -0.2) is 4.39 Å². The van der Waals surface area contributed by atoms with E-state index in [2.05, 4.69) is 5.10 Å². The predicted octanol–water partition coefficient (Wildman–Crippen LogP) is 3.24. The Hall–Kier alpha value is -2.66. The molecule has 3 aromatic rings. The zero-order chi connectivity index (χ0) is 16.2. The summed E-state index contributed by atoms with van der Waals surface area (Å²) in [5.74, 6) is 0.193. The summed E-state index contributed by atoms with van der Waals surface area (Å²) in [4.78, 5) is 0. The summed E-state index contributed by atoms with van der Waals surface area (Å²) in [5, 5.41) is 13.2. The number of rotatable bonds is 5. The molecule has 0 fully saturated rings. The number of benzene rings is 2. The zero-order valence-electron chi connectivity index (χ0n) is 12.7. The van der Waals surface area contributed by atoms with Crippen molar-refractivity contribution in [2.45, 2.75) is 13.2 Å². The second kappa shape index (κ2) is 6.62. The highest BCUT2D eigenvalue weighted by molar-refractivity contribution is 5.65. The number of hydrogen-bond acceptors (Lipinski definition) is 3. The van der Waals surface area contributed by atoms with Crippen molar-refractivity contribution in [2.75, 3.05) is 7.11 Å². The summed E-state index contributed by atoms with van der Waals surface area (Å²) >= 11 is 0. The first-order chi connectivity index (χ1) is 11.2. The van der Waals surface area contributed by atoms with Gasteiger partial charge in [0.2, 0.25) is 0 Å². The van der Waals surface area contributed by atoms with Gasteiger partial charge < -0.3 is 9.84 Å². The smallest absolute Gasteiger partial charge is 0.134 e. The van der Waals surface area contributed by atoms with Crippen LogP contribution in [-0.2, 0) is 13.2 Å². The van der Waals surface area contributed by atoms with Gasteiger partial charge in [-0.1, -0.05) is 24.3 Å². The first-order valence-electron chi connectivity index (χ1n) is 7.24. The minimum Gasteiger partial charge on any atom is -0.497 e. The Morgan fingerprint density at radius 1 is 1.13 bits per heavy atom. The van der Waals surface area contributed by atoms with Gasteiger partial charge in [-0.2, -0.15) is 5.10 Å². The van der Waals surface area contributed by atoms with Gasteiger partial charge >= 0.3 is 0 Å². The number of nitrogens with zero attached hydrogens (tertiary/aromatic N) is 2. The molecule has 2 aromatic carbocycles. The van der Waals surface area contributed by atoms with Crippen molar-refractivity contribution < 1.29 is 14.2 Å². The fourth-order valence-electron chi connectivity index (χ4n) is 2.41. The highest BCUT2D eigenvalue weighted by Crippen LogP contribution is 2.26. The highest BCUT2D eigenvalue weighted by Gasteiger charge is 2.07. The normalized spacial score (nSPS) is 10.7. The van der Waals surface area contributed by atoms with Crippen LogP contribution in [0, 0.1) is 5.82 Å². The Morgan fingerprint density at radius 2 is 1.91 bits per heavy atom. The molecule has 0 amide bonds. The van der Waals surface area contributed by atoms with Crippen molar-refractivity contribution in [2.24, 2.45) is 0 Å². The van der Waals surface area contributed by atoms with Crippen molar-refractivity contribution in [1.82, 2.24) is 9.78 Å². The fraction of sp³-hybridized carbons (Fsp3) is 0.167. The first-order valence-corrected chi connectivity index (χ1v) is 7.24. The molecule has 1 heterocycles. The molecule has 4 nitrogen and oxygen atoms in total. The van der Waals surface area contributed by atoms with Gasteiger partial charge in [0.1, 0.15) is 11.6 Å². The summed E-state index contributed by atoms with van der Waals surface area (Å²) in [5.41, 5.74) is 3.18. The number of aliphatic hydroxyl groups is 1. The number of ether oxygens (including phenoxy) is 1. The lowest BCUT2D eigenvalue weighted by atomic mass is 10.0. The van der Waals surface area contributed by atoms with E-state index in [4.69, 9.17) is 9.84 Å². The van der Waals surface area contributed by atoms with Gasteiger partial charge in [0.25, 0.3) is 0 Å². The van der Waals surface area contributed by atoms with Crippen LogP contribution in [0.15, 0.2) is 54.9 Å². The largest absolute Gasteiger partial charge is 0.497 e. The Labute approximate surface area is 133 Å². The predicted molar refractivity (Wildman–Crippen MR) is 85.6 cm³/mol. The minimum atomic E-state index is -0.309. The highest BCUT2D eigenvalue weighted by atomic mass is 19.1. The number of halogens is 1. The summed E-state index contributed by atoms with van der Waals surface area (Å²) in [6.45, 7) is 0.584. The second-order valence-electron chi connectivity index (χ2n) is 5.25. The van der Waals surface area contributed by atoms with Gasteiger partial charge in [0, 0.05) is 23.4 Å². The molecule has 1 N–H and O–H groups in total. The molecule has 23 heavy (non-hydrogen) atoms. The van der Waals surface area contributed by atoms with Gasteiger partial charge in [-0.05, 0) is 23.3 Å². The van der Waals surface area contributed by atoms with E-state index < -0.39 is 0 Å². The maximum Gasteiger partial charge on any atom is 0.134 e. The second-order valence-corrected chi connectivity index (χ2v) is 5.25. The van der Waals surface area contributed by atoms with E-state index in [1.165, 1.54) is 13.2 Å². The third-order valence-electron chi connectivity index (χ3n) is 3.66. The first kappa shape index (κ1) is 15.2. The summed E-state index contributed by atoms with van der Waals surface area (Å²) in [6, 6.07) is 12.5. The Balaban J connectivity index is 1.79. The standard InChI is InChI=1S/C18H17FN2O2/c1-23-16-6-7-17(18(19)8-16)15-4-2-13(3-5-15)10-21-11-14(12-22)9-20-21/h2-9,11,22H,10,12H2,1H3. The van der Waals surface area contributed by atoms with Crippen LogP contribution in [0.1, 0.15) is 11.1 Å². The molecule has 0 atom stereocenters. The van der Waals surface area contributed by atoms with Crippen LogP contribution in [0.25, 0.3) is 11.1 Å². The number of methoxy groups -OCH3 is 1. The third-order valence-corrected chi connectivity index (χ3v) is 3.66. The molecule has 5 heteroatoms. The average molecular weight is 312 g/mol. The van der Waals surface area contributed by atoms with E-state index in [-0.39, 0.29) is 12.4 Å². The molecule has 0 aliphatic heterocycles. The van der Waals surface area contributed by atoms with Crippen LogP contribution in [0.3, 0.4) is 0 Å². The molecule has 0 bridgehead atoms. The molecule has 0 radical (unpaired) electrons. The van der Waals surface area contributed by atoms with Crippen molar-refractivity contribution >= 4 is 0 Å². The van der Waals surface area contributed by atoms with Gasteiger partial charge in [0.05, 0.1) is 26.5 Å². The number of hydrogen-bond donors (Lipinski definition) is 1. The Bertz CT molecular complexity index is 797. The minimum absolute atomic E-state index is 0.0182. The van der Waals surface area contributed by atoms with Gasteiger partial charge in [-0.15, -0.1) is 0 Å². The van der Waals surface area contributed by atoms with Crippen molar-refractivity contribution in [3.8, 4) is 16.9 Å². The monoisotopic (exact) mass is 312 g/mol. The topological polar surface area (TPSA) is 47.3 Å². The van der Waals surface area contributed by atoms with E-state index in [9.17, 15) is 4.39 Å². The lowest BCUT2D eigenvalue weighted by Gasteiger charge is -2.07. The average Bonchev–Trinajstić information content (AvgIpc) is 3.03. The van der Waals surface area contributed by atoms with E-state index in [0.717, 1.165) is 16.7 Å². The van der Waals surface area contributed by atoms with Crippen LogP contribution in [0.2, 0.25) is 0 Å². The van der Waals surface area contributed by atoms with E-state index in [1.807, 2.05) is 24.3 Å². The maximum absolute atomic E-state index is 14.1. The molecule has 0 saturated carbocycles. The quantitative estimate of drug-likeness (QED) is 0.787. The third kappa shape index (κ3) is 3.40. The van der Waals surface area contributed by atoms with Crippen LogP contribution >= 0.6 is 0 Å². The summed E-state index contributed by atoms with van der Waals surface area (Å²) in [7, 11) is 1.51. The lowest BCUT2D eigenvalue weighted by molar-refractivity contribution is 0.281. The number of aliphatic hydroxyl groups excluding tert-OH is 1. The summed E-state index contributed by atoms with van der Waals surface area (Å²) < 4.78 is 20.9. The SMILES string of the molecule is COc1ccc(-c2ccc(Cn3cc(CO)cn3)cc2)c(F)c1. The van der Waals surface area contributed by atoms with Crippen LogP contribution in [0.4, 0.5) is 4.39 Å². The molecule has 1 aromatic heterocycles. The van der Waals surface area contributed by atoms with E-state index >= 15 is 0 Å². The van der Waals surface area contributed by atoms with Gasteiger partial charge in [0.15, 0.2) is 0 Å². The van der Waals surface area contributed by atoms with Crippen LogP contribution in [-0.4, -0.2) is 22.0 Å².